The number of anilines is 1. The van der Waals surface area contributed by atoms with E-state index < -0.39 is 10.0 Å². The molecular formula is C19H29N3O2S2. The van der Waals surface area contributed by atoms with Gasteiger partial charge in [0.1, 0.15) is 0 Å². The summed E-state index contributed by atoms with van der Waals surface area (Å²) in [5, 5.41) is 3.96. The van der Waals surface area contributed by atoms with Gasteiger partial charge in [-0.15, -0.1) is 0 Å². The molecule has 1 heterocycles. The van der Waals surface area contributed by atoms with E-state index in [0.717, 1.165) is 13.0 Å². The van der Waals surface area contributed by atoms with E-state index in [2.05, 4.69) is 31.0 Å². The number of thiocarbonyl (C=S) groups is 1. The maximum atomic E-state index is 12.3. The Kier molecular flexibility index (Phi) is 4.86. The van der Waals surface area contributed by atoms with E-state index in [4.69, 9.17) is 12.2 Å². The van der Waals surface area contributed by atoms with Crippen molar-refractivity contribution in [3.05, 3.63) is 24.3 Å². The summed E-state index contributed by atoms with van der Waals surface area (Å²) < 4.78 is 25.9. The average molecular weight is 396 g/mol. The molecule has 2 fully saturated rings. The molecule has 2 bridgehead atoms. The predicted octanol–water partition coefficient (Wildman–Crippen LogP) is 3.53. The van der Waals surface area contributed by atoms with Gasteiger partial charge in [0.05, 0.1) is 4.90 Å². The summed E-state index contributed by atoms with van der Waals surface area (Å²) in [6.07, 6.45) is 3.53. The summed E-state index contributed by atoms with van der Waals surface area (Å²) in [5.41, 5.74) is 1.35. The Labute approximate surface area is 162 Å². The molecule has 1 aliphatic carbocycles. The number of likely N-dealkylation sites (tertiary alicyclic amines) is 1. The van der Waals surface area contributed by atoms with Crippen molar-refractivity contribution in [3.8, 4) is 0 Å². The van der Waals surface area contributed by atoms with Gasteiger partial charge in [-0.25, -0.2) is 12.7 Å². The van der Waals surface area contributed by atoms with E-state index in [1.54, 1.807) is 18.2 Å². The van der Waals surface area contributed by atoms with Gasteiger partial charge in [-0.2, -0.15) is 0 Å². The highest BCUT2D eigenvalue weighted by atomic mass is 32.2. The standard InChI is InChI=1S/C19H29N3O2S2/c1-18(2)10-15-11-19(3,12-18)13-22(15)17(25)20-14-7-6-8-16(9-14)26(23,24)21(4)5/h6-9,15H,10-13H2,1-5H3,(H,20,25)/t15-,19-/m0/s1. The number of rotatable bonds is 3. The van der Waals surface area contributed by atoms with Crippen LogP contribution in [0.2, 0.25) is 0 Å². The Morgan fingerprint density at radius 3 is 2.62 bits per heavy atom. The number of hydrogen-bond donors (Lipinski definition) is 1. The lowest BCUT2D eigenvalue weighted by atomic mass is 9.65. The highest BCUT2D eigenvalue weighted by Crippen LogP contribution is 2.52. The molecule has 2 aliphatic rings. The molecule has 0 spiro atoms. The molecule has 1 N–H and O–H groups in total. The topological polar surface area (TPSA) is 52.7 Å². The third-order valence-corrected chi connectivity index (χ3v) is 7.69. The van der Waals surface area contributed by atoms with E-state index in [0.29, 0.717) is 27.7 Å². The first kappa shape index (κ1) is 19.6. The molecule has 144 valence electrons. The lowest BCUT2D eigenvalue weighted by molar-refractivity contribution is 0.132. The van der Waals surface area contributed by atoms with Crippen LogP contribution in [0.4, 0.5) is 5.69 Å². The molecule has 1 saturated heterocycles. The number of hydrogen-bond acceptors (Lipinski definition) is 3. The first-order chi connectivity index (χ1) is 11.9. The summed E-state index contributed by atoms with van der Waals surface area (Å²) in [7, 11) is -0.388. The molecule has 1 aromatic rings. The summed E-state index contributed by atoms with van der Waals surface area (Å²) in [4.78, 5) is 2.57. The van der Waals surface area contributed by atoms with E-state index in [1.807, 2.05) is 6.07 Å². The van der Waals surface area contributed by atoms with Crippen molar-refractivity contribution in [3.63, 3.8) is 0 Å². The molecule has 1 aromatic carbocycles. The van der Waals surface area contributed by atoms with Crippen LogP contribution >= 0.6 is 12.2 Å². The van der Waals surface area contributed by atoms with E-state index in [9.17, 15) is 8.42 Å². The van der Waals surface area contributed by atoms with Crippen molar-refractivity contribution >= 4 is 33.0 Å². The molecule has 0 aromatic heterocycles. The van der Waals surface area contributed by atoms with Gasteiger partial charge in [0.15, 0.2) is 5.11 Å². The van der Waals surface area contributed by atoms with Crippen molar-refractivity contribution < 1.29 is 8.42 Å². The van der Waals surface area contributed by atoms with Crippen LogP contribution in [0.1, 0.15) is 40.0 Å². The number of nitrogens with zero attached hydrogens (tertiary/aromatic N) is 2. The van der Waals surface area contributed by atoms with E-state index in [1.165, 1.54) is 31.2 Å². The summed E-state index contributed by atoms with van der Waals surface area (Å²) >= 11 is 5.69. The zero-order valence-electron chi connectivity index (χ0n) is 16.2. The van der Waals surface area contributed by atoms with Crippen LogP contribution < -0.4 is 5.32 Å². The van der Waals surface area contributed by atoms with Crippen LogP contribution in [-0.4, -0.2) is 49.4 Å². The van der Waals surface area contributed by atoms with Crippen LogP contribution in [0.5, 0.6) is 0 Å². The van der Waals surface area contributed by atoms with Crippen molar-refractivity contribution in [2.24, 2.45) is 10.8 Å². The fraction of sp³-hybridized carbons (Fsp3) is 0.632. The number of fused-ring (bicyclic) bond motifs is 2. The molecule has 5 nitrogen and oxygen atoms in total. The Morgan fingerprint density at radius 2 is 1.96 bits per heavy atom. The first-order valence-electron chi connectivity index (χ1n) is 9.02. The van der Waals surface area contributed by atoms with E-state index in [-0.39, 0.29) is 4.90 Å². The van der Waals surface area contributed by atoms with Crippen LogP contribution in [-0.2, 0) is 10.0 Å². The minimum Gasteiger partial charge on any atom is -0.345 e. The molecule has 1 saturated carbocycles. The van der Waals surface area contributed by atoms with Crippen molar-refractivity contribution in [2.75, 3.05) is 26.0 Å². The van der Waals surface area contributed by atoms with Crippen LogP contribution in [0, 0.1) is 10.8 Å². The van der Waals surface area contributed by atoms with E-state index >= 15 is 0 Å². The van der Waals surface area contributed by atoms with Gasteiger partial charge in [0.25, 0.3) is 0 Å². The second-order valence-corrected chi connectivity index (χ2v) is 11.6. The smallest absolute Gasteiger partial charge is 0.242 e. The maximum Gasteiger partial charge on any atom is 0.242 e. The first-order valence-corrected chi connectivity index (χ1v) is 10.9. The summed E-state index contributed by atoms with van der Waals surface area (Å²) in [6.45, 7) is 8.00. The predicted molar refractivity (Wildman–Crippen MR) is 110 cm³/mol. The lowest BCUT2D eigenvalue weighted by Crippen LogP contribution is -2.40. The van der Waals surface area contributed by atoms with Gasteiger partial charge in [-0.3, -0.25) is 0 Å². The summed E-state index contributed by atoms with van der Waals surface area (Å²) in [5.74, 6) is 0. The third kappa shape index (κ3) is 3.75. The average Bonchev–Trinajstić information content (AvgIpc) is 2.76. The fourth-order valence-corrected chi connectivity index (χ4v) is 6.12. The molecule has 0 unspecified atom stereocenters. The highest BCUT2D eigenvalue weighted by Gasteiger charge is 2.50. The molecule has 0 amide bonds. The van der Waals surface area contributed by atoms with Crippen molar-refractivity contribution in [1.29, 1.82) is 0 Å². The van der Waals surface area contributed by atoms with Crippen molar-refractivity contribution in [1.82, 2.24) is 9.21 Å². The van der Waals surface area contributed by atoms with Gasteiger partial charge in [0.2, 0.25) is 10.0 Å². The monoisotopic (exact) mass is 395 g/mol. The molecule has 7 heteroatoms. The third-order valence-electron chi connectivity index (χ3n) is 5.54. The maximum absolute atomic E-state index is 12.3. The molecule has 1 aliphatic heterocycles. The number of sulfonamides is 1. The molecule has 2 atom stereocenters. The Bertz CT molecular complexity index is 820. The Balaban J connectivity index is 1.78. The van der Waals surface area contributed by atoms with Crippen molar-refractivity contribution in [2.45, 2.75) is 51.0 Å². The number of nitrogens with one attached hydrogen (secondary N) is 1. The SMILES string of the molecule is CN(C)S(=O)(=O)c1cccc(NC(=S)N2C[C@@]3(C)C[C@@H]2CC(C)(C)C3)c1. The van der Waals surface area contributed by atoms with Gasteiger partial charge in [0, 0.05) is 32.4 Å². The Hall–Kier alpha value is -1.18. The zero-order chi connectivity index (χ0) is 19.3. The highest BCUT2D eigenvalue weighted by molar-refractivity contribution is 7.89. The van der Waals surface area contributed by atoms with Crippen LogP contribution in [0.25, 0.3) is 0 Å². The largest absolute Gasteiger partial charge is 0.345 e. The van der Waals surface area contributed by atoms with Gasteiger partial charge >= 0.3 is 0 Å². The fourth-order valence-electron chi connectivity index (χ4n) is 4.84. The molecule has 3 rings (SSSR count). The molecule has 0 radical (unpaired) electrons. The second kappa shape index (κ2) is 6.46. The minimum absolute atomic E-state index is 0.267. The summed E-state index contributed by atoms with van der Waals surface area (Å²) in [6, 6.07) is 7.31. The molecule has 26 heavy (non-hydrogen) atoms. The van der Waals surface area contributed by atoms with Gasteiger partial charge < -0.3 is 10.2 Å². The van der Waals surface area contributed by atoms with Crippen LogP contribution in [0.3, 0.4) is 0 Å². The van der Waals surface area contributed by atoms with Gasteiger partial charge in [-0.05, 0) is 60.5 Å². The lowest BCUT2D eigenvalue weighted by Gasteiger charge is -2.39. The molecular weight excluding hydrogens is 366 g/mol. The van der Waals surface area contributed by atoms with Gasteiger partial charge in [-0.1, -0.05) is 26.8 Å². The Morgan fingerprint density at radius 1 is 1.27 bits per heavy atom. The zero-order valence-corrected chi connectivity index (χ0v) is 17.9. The van der Waals surface area contributed by atoms with Crippen LogP contribution in [0.15, 0.2) is 29.2 Å². The normalized spacial score (nSPS) is 27.6. The quantitative estimate of drug-likeness (QED) is 0.794. The minimum atomic E-state index is -3.46. The number of benzene rings is 1. The second-order valence-electron chi connectivity index (χ2n) is 9.09.